The highest BCUT2D eigenvalue weighted by Gasteiger charge is 2.34. The molecule has 0 N–H and O–H groups in total. The standard InChI is InChI=1S/C90H57N9/c1-52-22-28-76-70(34-52)71-35-53(2)23-29-77(71)97(76)88-64(46-91)40-61(41-65(88)47-92)85-82(58-16-10-7-11-17-58)86(62-42-66(48-93)89(67(43-62)49-94)98-78-30-24-54(3)36-72(78)73-37-55(4)25-31-79(73)98)84(60-20-14-9-15-21-60)87(83(85)59-18-12-8-13-19-59)63-44-68(50-95)90(69(45-63)51-96)99-80-32-26-56(5)38-74(80)75-39-57(6)27-33-81(75)99/h7-45H,1-6H3. The molecule has 99 heavy (non-hydrogen) atoms. The molecule has 0 atom stereocenters. The zero-order chi connectivity index (χ0) is 68.1. The summed E-state index contributed by atoms with van der Waals surface area (Å²) < 4.78 is 6.12. The van der Waals surface area contributed by atoms with Gasteiger partial charge >= 0.3 is 0 Å². The third-order valence-electron chi connectivity index (χ3n) is 19.5. The average molecular weight is 1260 g/mol. The van der Waals surface area contributed by atoms with E-state index in [0.717, 1.165) is 115 Å². The summed E-state index contributed by atoms with van der Waals surface area (Å²) in [6, 6.07) is 94.4. The highest BCUT2D eigenvalue weighted by molar-refractivity contribution is 6.18. The molecule has 0 bridgehead atoms. The highest BCUT2D eigenvalue weighted by Crippen LogP contribution is 2.58. The van der Waals surface area contributed by atoms with Crippen molar-refractivity contribution >= 4 is 65.4 Å². The predicted molar refractivity (Wildman–Crippen MR) is 399 cm³/mol. The molecule has 16 aromatic rings. The maximum atomic E-state index is 11.9. The topological polar surface area (TPSA) is 158 Å². The van der Waals surface area contributed by atoms with Gasteiger partial charge < -0.3 is 13.7 Å². The molecule has 0 aliphatic heterocycles. The summed E-state index contributed by atoms with van der Waals surface area (Å²) in [4.78, 5) is 0. The van der Waals surface area contributed by atoms with Gasteiger partial charge in [-0.05, 0) is 217 Å². The van der Waals surface area contributed by atoms with Crippen LogP contribution in [0.1, 0.15) is 66.8 Å². The van der Waals surface area contributed by atoms with Crippen LogP contribution in [0.2, 0.25) is 0 Å². The van der Waals surface area contributed by atoms with Crippen molar-refractivity contribution in [2.24, 2.45) is 0 Å². The van der Waals surface area contributed by atoms with Crippen LogP contribution in [0.15, 0.2) is 237 Å². The van der Waals surface area contributed by atoms with E-state index in [0.29, 0.717) is 67.1 Å². The van der Waals surface area contributed by atoms with Crippen molar-refractivity contribution in [2.75, 3.05) is 0 Å². The number of aryl methyl sites for hydroxylation is 6. The number of nitrogens with zero attached hydrogens (tertiary/aromatic N) is 9. The minimum absolute atomic E-state index is 0.233. The Morgan fingerprint density at radius 3 is 0.545 bits per heavy atom. The van der Waals surface area contributed by atoms with Crippen LogP contribution in [-0.2, 0) is 0 Å². The summed E-state index contributed by atoms with van der Waals surface area (Å²) in [5.74, 6) is 0. The van der Waals surface area contributed by atoms with Crippen LogP contribution in [0.3, 0.4) is 0 Å². The maximum Gasteiger partial charge on any atom is 0.101 e. The second kappa shape index (κ2) is 23.6. The molecule has 0 unspecified atom stereocenters. The maximum absolute atomic E-state index is 11.9. The summed E-state index contributed by atoms with van der Waals surface area (Å²) in [6.45, 7) is 12.3. The average Bonchev–Trinajstić information content (AvgIpc) is 0.800. The van der Waals surface area contributed by atoms with E-state index in [2.05, 4.69) is 151 Å². The molecule has 3 heterocycles. The first-order valence-corrected chi connectivity index (χ1v) is 32.7. The molecule has 462 valence electrons. The van der Waals surface area contributed by atoms with Gasteiger partial charge in [0, 0.05) is 32.3 Å². The fourth-order valence-corrected chi connectivity index (χ4v) is 15.3. The molecule has 0 aliphatic rings. The van der Waals surface area contributed by atoms with Crippen molar-refractivity contribution < 1.29 is 0 Å². The first kappa shape index (κ1) is 60.2. The van der Waals surface area contributed by atoms with E-state index in [1.54, 1.807) is 0 Å². The van der Waals surface area contributed by atoms with Gasteiger partial charge in [0.15, 0.2) is 0 Å². The molecule has 0 saturated heterocycles. The smallest absolute Gasteiger partial charge is 0.101 e. The molecule has 0 spiro atoms. The first-order valence-electron chi connectivity index (χ1n) is 32.7. The molecular weight excluding hydrogens is 1210 g/mol. The van der Waals surface area contributed by atoms with Gasteiger partial charge in [-0.25, -0.2) is 0 Å². The van der Waals surface area contributed by atoms with Gasteiger partial charge in [0.05, 0.1) is 83.5 Å². The van der Waals surface area contributed by atoms with Crippen LogP contribution in [0.4, 0.5) is 0 Å². The third kappa shape index (κ3) is 9.54. The number of hydrogen-bond donors (Lipinski definition) is 0. The van der Waals surface area contributed by atoms with E-state index >= 15 is 0 Å². The summed E-state index contributed by atoms with van der Waals surface area (Å²) in [6.07, 6.45) is 0. The van der Waals surface area contributed by atoms with Crippen molar-refractivity contribution in [3.05, 3.63) is 303 Å². The Bertz CT molecular complexity index is 5540. The summed E-state index contributed by atoms with van der Waals surface area (Å²) in [5.41, 5.74) is 21.7. The molecule has 13 aromatic carbocycles. The van der Waals surface area contributed by atoms with E-state index in [9.17, 15) is 31.6 Å². The van der Waals surface area contributed by atoms with Gasteiger partial charge in [0.1, 0.15) is 36.4 Å². The van der Waals surface area contributed by atoms with E-state index in [4.69, 9.17) is 0 Å². The Hall–Kier alpha value is -13.8. The summed E-state index contributed by atoms with van der Waals surface area (Å²) >= 11 is 0. The fraction of sp³-hybridized carbons (Fsp3) is 0.0667. The normalized spacial score (nSPS) is 11.3. The van der Waals surface area contributed by atoms with Gasteiger partial charge in [0.25, 0.3) is 0 Å². The molecule has 0 aliphatic carbocycles. The Morgan fingerprint density at radius 2 is 0.374 bits per heavy atom. The first-order chi connectivity index (χ1) is 48.3. The molecule has 3 aromatic heterocycles. The van der Waals surface area contributed by atoms with Crippen molar-refractivity contribution in [1.29, 1.82) is 31.6 Å². The minimum Gasteiger partial charge on any atom is -0.307 e. The predicted octanol–water partition coefficient (Wildman–Crippen LogP) is 22.1. The quantitative estimate of drug-likeness (QED) is 0.140. The number of aromatic nitrogens is 3. The van der Waals surface area contributed by atoms with Crippen LogP contribution in [0.25, 0.3) is 149 Å². The minimum atomic E-state index is 0.233. The fourth-order valence-electron chi connectivity index (χ4n) is 15.3. The van der Waals surface area contributed by atoms with Gasteiger partial charge in [0.2, 0.25) is 0 Å². The van der Waals surface area contributed by atoms with Gasteiger partial charge in [-0.1, -0.05) is 161 Å². The van der Waals surface area contributed by atoms with Gasteiger partial charge in [-0.2, -0.15) is 31.6 Å². The largest absolute Gasteiger partial charge is 0.307 e. The SMILES string of the molecule is Cc1ccc2c(c1)c1cc(C)ccc1n2-c1c(C#N)cc(-c2c(-c3ccccc3)c(-c3cc(C#N)c(-n4c5ccc(C)cc5c5cc(C)ccc54)c(C#N)c3)c(-c3ccccc3)c(-c3cc(C#N)c(-n4c5ccc(C)cc5c5cc(C)ccc54)c(C#N)c3)c2-c2ccccc2)cc1C#N. The van der Waals surface area contributed by atoms with Crippen molar-refractivity contribution in [3.63, 3.8) is 0 Å². The molecule has 9 heteroatoms. The van der Waals surface area contributed by atoms with E-state index in [-0.39, 0.29) is 33.4 Å². The zero-order valence-electron chi connectivity index (χ0n) is 55.0. The van der Waals surface area contributed by atoms with Crippen LogP contribution in [-0.4, -0.2) is 13.7 Å². The molecule has 0 radical (unpaired) electrons. The zero-order valence-corrected chi connectivity index (χ0v) is 55.0. The Balaban J connectivity index is 1.12. The lowest BCUT2D eigenvalue weighted by Gasteiger charge is -2.29. The number of nitriles is 6. The van der Waals surface area contributed by atoms with Crippen LogP contribution in [0.5, 0.6) is 0 Å². The number of benzene rings is 13. The lowest BCUT2D eigenvalue weighted by Crippen LogP contribution is -2.07. The third-order valence-corrected chi connectivity index (χ3v) is 19.5. The van der Waals surface area contributed by atoms with Crippen molar-refractivity contribution in [3.8, 4) is 120 Å². The highest BCUT2D eigenvalue weighted by atomic mass is 15.0. The molecule has 9 nitrogen and oxygen atoms in total. The lowest BCUT2D eigenvalue weighted by atomic mass is 9.73. The monoisotopic (exact) mass is 1260 g/mol. The summed E-state index contributed by atoms with van der Waals surface area (Å²) in [7, 11) is 0. The molecule has 0 amide bonds. The van der Waals surface area contributed by atoms with E-state index in [1.807, 2.05) is 177 Å². The van der Waals surface area contributed by atoms with Crippen LogP contribution >= 0.6 is 0 Å². The number of rotatable bonds is 9. The Labute approximate surface area is 572 Å². The van der Waals surface area contributed by atoms with E-state index < -0.39 is 0 Å². The molecule has 0 fully saturated rings. The molecule has 0 saturated carbocycles. The molecular formula is C90H57N9. The van der Waals surface area contributed by atoms with Crippen molar-refractivity contribution in [1.82, 2.24) is 13.7 Å². The molecule has 16 rings (SSSR count). The van der Waals surface area contributed by atoms with Crippen LogP contribution < -0.4 is 0 Å². The Kier molecular flexibility index (Phi) is 14.3. The number of fused-ring (bicyclic) bond motifs is 9. The second-order valence-electron chi connectivity index (χ2n) is 25.9. The number of hydrogen-bond acceptors (Lipinski definition) is 6. The van der Waals surface area contributed by atoms with Gasteiger partial charge in [-0.3, -0.25) is 0 Å². The van der Waals surface area contributed by atoms with Crippen molar-refractivity contribution in [2.45, 2.75) is 41.5 Å². The van der Waals surface area contributed by atoms with Crippen LogP contribution in [0, 0.1) is 110 Å². The second-order valence-corrected chi connectivity index (χ2v) is 25.9. The van der Waals surface area contributed by atoms with Gasteiger partial charge in [-0.15, -0.1) is 0 Å². The lowest BCUT2D eigenvalue weighted by molar-refractivity contribution is 1.15. The van der Waals surface area contributed by atoms with E-state index in [1.165, 1.54) is 0 Å². The Morgan fingerprint density at radius 1 is 0.202 bits per heavy atom. The summed E-state index contributed by atoms with van der Waals surface area (Å²) in [5, 5.41) is 77.5.